The van der Waals surface area contributed by atoms with Crippen molar-refractivity contribution in [2.75, 3.05) is 0 Å². The van der Waals surface area contributed by atoms with Crippen molar-refractivity contribution in [2.24, 2.45) is 0 Å². The first-order chi connectivity index (χ1) is 5.29. The van der Waals surface area contributed by atoms with Crippen molar-refractivity contribution in [3.8, 4) is 0 Å². The van der Waals surface area contributed by atoms with Crippen molar-refractivity contribution >= 4 is 11.6 Å². The SMILES string of the molecule is [O]C(Cl)CCc1ccccc1. The standard InChI is InChI=1S/C9H10ClO/c10-9(11)7-6-8-4-2-1-3-5-8/h1-5,9H,6-7H2. The summed E-state index contributed by atoms with van der Waals surface area (Å²) >= 11 is 5.27. The summed E-state index contributed by atoms with van der Waals surface area (Å²) in [5, 5.41) is 10.5. The maximum absolute atomic E-state index is 10.5. The molecule has 2 heteroatoms. The van der Waals surface area contributed by atoms with Gasteiger partial charge in [0.2, 0.25) is 0 Å². The van der Waals surface area contributed by atoms with E-state index >= 15 is 0 Å². The topological polar surface area (TPSA) is 19.9 Å². The summed E-state index contributed by atoms with van der Waals surface area (Å²) in [6.45, 7) is 0. The van der Waals surface area contributed by atoms with E-state index in [1.54, 1.807) is 0 Å². The number of hydrogen-bond acceptors (Lipinski definition) is 0. The fourth-order valence-corrected chi connectivity index (χ4v) is 1.03. The van der Waals surface area contributed by atoms with E-state index in [0.29, 0.717) is 6.42 Å². The molecule has 0 heterocycles. The van der Waals surface area contributed by atoms with Gasteiger partial charge in [-0.05, 0) is 18.4 Å². The Bertz CT molecular complexity index is 196. The molecule has 1 unspecified atom stereocenters. The molecule has 1 rings (SSSR count). The van der Waals surface area contributed by atoms with Crippen molar-refractivity contribution in [2.45, 2.75) is 18.4 Å². The van der Waals surface area contributed by atoms with Crippen molar-refractivity contribution in [1.82, 2.24) is 0 Å². The molecule has 1 aromatic carbocycles. The van der Waals surface area contributed by atoms with E-state index in [2.05, 4.69) is 0 Å². The van der Waals surface area contributed by atoms with E-state index in [-0.39, 0.29) is 0 Å². The molecular formula is C9H10ClO. The van der Waals surface area contributed by atoms with Crippen molar-refractivity contribution in [3.63, 3.8) is 0 Å². The molecule has 0 fully saturated rings. The molecule has 1 nitrogen and oxygen atoms in total. The molecule has 11 heavy (non-hydrogen) atoms. The van der Waals surface area contributed by atoms with Crippen LogP contribution in [0.4, 0.5) is 0 Å². The average Bonchev–Trinajstić information content (AvgIpc) is 2.03. The van der Waals surface area contributed by atoms with Gasteiger partial charge < -0.3 is 0 Å². The Morgan fingerprint density at radius 3 is 2.45 bits per heavy atom. The van der Waals surface area contributed by atoms with Gasteiger partial charge in [0.15, 0.2) is 5.56 Å². The Labute approximate surface area is 71.6 Å². The monoisotopic (exact) mass is 169 g/mol. The molecule has 0 bridgehead atoms. The van der Waals surface area contributed by atoms with Crippen LogP contribution in [0.5, 0.6) is 0 Å². The van der Waals surface area contributed by atoms with Crippen LogP contribution in [0, 0.1) is 0 Å². The summed E-state index contributed by atoms with van der Waals surface area (Å²) in [6, 6.07) is 9.88. The lowest BCUT2D eigenvalue weighted by molar-refractivity contribution is 0.151. The zero-order valence-corrected chi connectivity index (χ0v) is 6.92. The molecule has 0 N–H and O–H groups in total. The van der Waals surface area contributed by atoms with Gasteiger partial charge in [-0.1, -0.05) is 41.9 Å². The number of hydrogen-bond donors (Lipinski definition) is 0. The Balaban J connectivity index is 2.39. The maximum atomic E-state index is 10.5. The molecule has 0 saturated carbocycles. The molecule has 0 spiro atoms. The summed E-state index contributed by atoms with van der Waals surface area (Å²) in [4.78, 5) is 0. The van der Waals surface area contributed by atoms with Gasteiger partial charge in [-0.15, -0.1) is 0 Å². The largest absolute Gasteiger partial charge is 0.216 e. The highest BCUT2D eigenvalue weighted by Crippen LogP contribution is 2.06. The quantitative estimate of drug-likeness (QED) is 0.620. The average molecular weight is 170 g/mol. The number of benzene rings is 1. The minimum Gasteiger partial charge on any atom is -0.216 e. The van der Waals surface area contributed by atoms with E-state index in [4.69, 9.17) is 11.6 Å². The molecule has 0 saturated heterocycles. The van der Waals surface area contributed by atoms with Crippen molar-refractivity contribution < 1.29 is 5.11 Å². The van der Waals surface area contributed by atoms with Crippen LogP contribution in [0.2, 0.25) is 0 Å². The van der Waals surface area contributed by atoms with Crippen LogP contribution in [0.3, 0.4) is 0 Å². The lowest BCUT2D eigenvalue weighted by atomic mass is 10.1. The molecule has 59 valence electrons. The predicted molar refractivity (Wildman–Crippen MR) is 45.1 cm³/mol. The smallest absolute Gasteiger partial charge is 0.166 e. The third-order valence-electron chi connectivity index (χ3n) is 1.50. The first-order valence-electron chi connectivity index (χ1n) is 3.63. The third kappa shape index (κ3) is 3.40. The second kappa shape index (κ2) is 4.37. The Kier molecular flexibility index (Phi) is 3.40. The molecule has 0 aromatic heterocycles. The molecule has 1 aromatic rings. The first-order valence-corrected chi connectivity index (χ1v) is 4.06. The van der Waals surface area contributed by atoms with Crippen LogP contribution < -0.4 is 0 Å². The number of halogens is 1. The van der Waals surface area contributed by atoms with Crippen LogP contribution >= 0.6 is 11.6 Å². The van der Waals surface area contributed by atoms with Crippen LogP contribution in [-0.2, 0) is 11.5 Å². The summed E-state index contributed by atoms with van der Waals surface area (Å²) in [5.41, 5.74) is 0.212. The minimum absolute atomic E-state index is 0.506. The van der Waals surface area contributed by atoms with Crippen LogP contribution in [0.1, 0.15) is 12.0 Å². The van der Waals surface area contributed by atoms with E-state index in [0.717, 1.165) is 6.42 Å². The van der Waals surface area contributed by atoms with Gasteiger partial charge in [0.1, 0.15) is 0 Å². The number of alkyl halides is 1. The summed E-state index contributed by atoms with van der Waals surface area (Å²) in [7, 11) is 0. The van der Waals surface area contributed by atoms with Gasteiger partial charge in [-0.2, -0.15) is 0 Å². The van der Waals surface area contributed by atoms with Crippen LogP contribution in [0.15, 0.2) is 30.3 Å². The molecule has 0 aliphatic rings. The second-order valence-corrected chi connectivity index (χ2v) is 2.92. The zero-order chi connectivity index (χ0) is 8.10. The predicted octanol–water partition coefficient (Wildman–Crippen LogP) is 2.61. The lowest BCUT2D eigenvalue weighted by Gasteiger charge is -1.99. The van der Waals surface area contributed by atoms with Gasteiger partial charge in [0.05, 0.1) is 0 Å². The third-order valence-corrected chi connectivity index (χ3v) is 1.72. The molecule has 0 amide bonds. The van der Waals surface area contributed by atoms with Gasteiger partial charge in [-0.3, -0.25) is 0 Å². The molecule has 0 aliphatic heterocycles. The molecule has 1 atom stereocenters. The Hall–Kier alpha value is -0.530. The highest BCUT2D eigenvalue weighted by Gasteiger charge is 1.99. The van der Waals surface area contributed by atoms with Crippen LogP contribution in [0.25, 0.3) is 0 Å². The summed E-state index contributed by atoms with van der Waals surface area (Å²) in [6.07, 6.45) is 1.28. The number of aryl methyl sites for hydroxylation is 1. The lowest BCUT2D eigenvalue weighted by Crippen LogP contribution is -1.95. The highest BCUT2D eigenvalue weighted by atomic mass is 35.5. The fourth-order valence-electron chi connectivity index (χ4n) is 0.925. The Morgan fingerprint density at radius 2 is 1.91 bits per heavy atom. The van der Waals surface area contributed by atoms with Gasteiger partial charge in [0, 0.05) is 0 Å². The molecule has 1 radical (unpaired) electrons. The highest BCUT2D eigenvalue weighted by molar-refractivity contribution is 6.19. The van der Waals surface area contributed by atoms with Crippen LogP contribution in [-0.4, -0.2) is 5.56 Å². The Morgan fingerprint density at radius 1 is 1.27 bits per heavy atom. The maximum Gasteiger partial charge on any atom is 0.166 e. The zero-order valence-electron chi connectivity index (χ0n) is 6.16. The summed E-state index contributed by atoms with van der Waals surface area (Å²) < 4.78 is 0. The molecule has 0 aliphatic carbocycles. The van der Waals surface area contributed by atoms with Crippen molar-refractivity contribution in [1.29, 1.82) is 0 Å². The minimum atomic E-state index is -0.963. The van der Waals surface area contributed by atoms with E-state index in [1.165, 1.54) is 5.56 Å². The van der Waals surface area contributed by atoms with E-state index in [1.807, 2.05) is 30.3 Å². The van der Waals surface area contributed by atoms with Crippen molar-refractivity contribution in [3.05, 3.63) is 35.9 Å². The fraction of sp³-hybridized carbons (Fsp3) is 0.333. The van der Waals surface area contributed by atoms with Gasteiger partial charge in [-0.25, -0.2) is 5.11 Å². The van der Waals surface area contributed by atoms with E-state index < -0.39 is 5.56 Å². The van der Waals surface area contributed by atoms with Gasteiger partial charge >= 0.3 is 0 Å². The second-order valence-electron chi connectivity index (χ2n) is 2.43. The molecular weight excluding hydrogens is 160 g/mol. The van der Waals surface area contributed by atoms with E-state index in [9.17, 15) is 5.11 Å². The normalized spacial score (nSPS) is 12.9. The number of rotatable bonds is 3. The van der Waals surface area contributed by atoms with Gasteiger partial charge in [0.25, 0.3) is 0 Å². The summed E-state index contributed by atoms with van der Waals surface area (Å²) in [5.74, 6) is 0. The first kappa shape index (κ1) is 8.57.